The van der Waals surface area contributed by atoms with Gasteiger partial charge < -0.3 is 15.2 Å². The highest BCUT2D eigenvalue weighted by atomic mass is 35.5. The highest BCUT2D eigenvalue weighted by Crippen LogP contribution is 2.18. The van der Waals surface area contributed by atoms with Gasteiger partial charge in [-0.25, -0.2) is 0 Å². The minimum Gasteiger partial charge on any atom is -0.348 e. The molecule has 0 aromatic carbocycles. The number of halogens is 2. The van der Waals surface area contributed by atoms with Crippen molar-refractivity contribution in [3.8, 4) is 0 Å². The maximum atomic E-state index is 12.7. The Morgan fingerprint density at radius 3 is 2.77 bits per heavy atom. The topological polar surface area (TPSA) is 59.0 Å². The second-order valence-electron chi connectivity index (χ2n) is 6.66. The van der Waals surface area contributed by atoms with E-state index in [1.807, 2.05) is 38.1 Å². The van der Waals surface area contributed by atoms with E-state index in [4.69, 9.17) is 0 Å². The van der Waals surface area contributed by atoms with Crippen molar-refractivity contribution in [2.24, 2.45) is 0 Å². The predicted molar refractivity (Wildman–Crippen MR) is 110 cm³/mol. The van der Waals surface area contributed by atoms with Crippen molar-refractivity contribution in [3.05, 3.63) is 53.1 Å². The summed E-state index contributed by atoms with van der Waals surface area (Å²) in [6.07, 6.45) is 3.94. The first kappa shape index (κ1) is 22.5. The smallest absolute Gasteiger partial charge is 0.253 e. The maximum Gasteiger partial charge on any atom is 0.253 e. The van der Waals surface area contributed by atoms with E-state index in [-0.39, 0.29) is 36.8 Å². The molecule has 5 nitrogen and oxygen atoms in total. The van der Waals surface area contributed by atoms with Gasteiger partial charge in [0.15, 0.2) is 0 Å². The average molecular weight is 399 g/mol. The fourth-order valence-electron chi connectivity index (χ4n) is 3.42. The number of aromatic nitrogens is 2. The van der Waals surface area contributed by atoms with Crippen molar-refractivity contribution in [3.63, 3.8) is 0 Å². The quantitative estimate of drug-likeness (QED) is 0.830. The number of pyridine rings is 1. The molecular weight excluding hydrogens is 371 g/mol. The van der Waals surface area contributed by atoms with Crippen LogP contribution in [-0.2, 0) is 6.54 Å². The Morgan fingerprint density at radius 1 is 1.35 bits per heavy atom. The number of hydrogen-bond donors (Lipinski definition) is 2. The first-order valence-corrected chi connectivity index (χ1v) is 8.67. The van der Waals surface area contributed by atoms with E-state index in [0.717, 1.165) is 42.0 Å². The van der Waals surface area contributed by atoms with Crippen molar-refractivity contribution in [1.29, 1.82) is 0 Å². The van der Waals surface area contributed by atoms with Crippen LogP contribution < -0.4 is 10.6 Å². The largest absolute Gasteiger partial charge is 0.348 e. The molecular formula is C19H28Cl2N4O. The summed E-state index contributed by atoms with van der Waals surface area (Å²) < 4.78 is 2.15. The maximum absolute atomic E-state index is 12.7. The van der Waals surface area contributed by atoms with Crippen LogP contribution in [0.4, 0.5) is 0 Å². The second-order valence-corrected chi connectivity index (χ2v) is 6.66. The van der Waals surface area contributed by atoms with Gasteiger partial charge in [0.1, 0.15) is 0 Å². The summed E-state index contributed by atoms with van der Waals surface area (Å²) in [6.45, 7) is 7.90. The summed E-state index contributed by atoms with van der Waals surface area (Å²) in [7, 11) is 0. The lowest BCUT2D eigenvalue weighted by atomic mass is 9.99. The van der Waals surface area contributed by atoms with Crippen LogP contribution in [0.15, 0.2) is 30.5 Å². The van der Waals surface area contributed by atoms with E-state index in [1.54, 1.807) is 6.20 Å². The van der Waals surface area contributed by atoms with Gasteiger partial charge in [-0.15, -0.1) is 24.8 Å². The zero-order valence-corrected chi connectivity index (χ0v) is 17.1. The first-order chi connectivity index (χ1) is 11.6. The Hall–Kier alpha value is -1.56. The second kappa shape index (κ2) is 9.95. The Labute approximate surface area is 167 Å². The Balaban J connectivity index is 0.00000169. The van der Waals surface area contributed by atoms with Crippen LogP contribution in [0.1, 0.15) is 47.2 Å². The van der Waals surface area contributed by atoms with Gasteiger partial charge in [-0.1, -0.05) is 6.07 Å². The van der Waals surface area contributed by atoms with Crippen LogP contribution in [0, 0.1) is 13.8 Å². The molecule has 2 aromatic rings. The number of carbonyl (C=O) groups excluding carboxylic acids is 1. The van der Waals surface area contributed by atoms with Gasteiger partial charge in [-0.2, -0.15) is 0 Å². The number of nitrogens with zero attached hydrogens (tertiary/aromatic N) is 2. The molecule has 26 heavy (non-hydrogen) atoms. The minimum absolute atomic E-state index is 0. The number of hydrogen-bond acceptors (Lipinski definition) is 3. The van der Waals surface area contributed by atoms with E-state index in [0.29, 0.717) is 12.6 Å². The standard InChI is InChI=1S/C19H26N4O.2ClH/c1-13-11-17(19(24)22-18-8-6-10-20-14(18)2)15(3)23(13)12-16-7-4-5-9-21-16;;/h4-5,7,9,11,14,18,20H,6,8,10,12H2,1-3H3,(H,22,24);2*1H. The molecule has 144 valence electrons. The summed E-state index contributed by atoms with van der Waals surface area (Å²) in [5, 5.41) is 6.62. The Kier molecular flexibility index (Phi) is 8.60. The monoisotopic (exact) mass is 398 g/mol. The van der Waals surface area contributed by atoms with Gasteiger partial charge in [-0.3, -0.25) is 9.78 Å². The fraction of sp³-hybridized carbons (Fsp3) is 0.474. The fourth-order valence-corrected chi connectivity index (χ4v) is 3.42. The van der Waals surface area contributed by atoms with Crippen LogP contribution in [0.3, 0.4) is 0 Å². The van der Waals surface area contributed by atoms with Crippen LogP contribution in [0.5, 0.6) is 0 Å². The lowest BCUT2D eigenvalue weighted by Crippen LogP contribution is -2.51. The highest BCUT2D eigenvalue weighted by molar-refractivity contribution is 5.96. The van der Waals surface area contributed by atoms with Gasteiger partial charge in [-0.05, 0) is 58.4 Å². The molecule has 0 spiro atoms. The lowest BCUT2D eigenvalue weighted by Gasteiger charge is -2.30. The zero-order valence-electron chi connectivity index (χ0n) is 15.5. The molecule has 0 bridgehead atoms. The molecule has 0 saturated carbocycles. The summed E-state index contributed by atoms with van der Waals surface area (Å²) >= 11 is 0. The molecule has 3 heterocycles. The van der Waals surface area contributed by atoms with Crippen LogP contribution in [0.25, 0.3) is 0 Å². The molecule has 0 aliphatic carbocycles. The Bertz CT molecular complexity index is 718. The molecule has 2 atom stereocenters. The normalized spacial score (nSPS) is 19.2. The summed E-state index contributed by atoms with van der Waals surface area (Å²) in [5.41, 5.74) is 3.84. The van der Waals surface area contributed by atoms with Crippen LogP contribution >= 0.6 is 24.8 Å². The van der Waals surface area contributed by atoms with Gasteiger partial charge in [0, 0.05) is 29.7 Å². The SMILES string of the molecule is Cc1cc(C(=O)NC2CCCNC2C)c(C)n1Cc1ccccn1.Cl.Cl. The van der Waals surface area contributed by atoms with Gasteiger partial charge >= 0.3 is 0 Å². The molecule has 1 aliphatic heterocycles. The molecule has 1 saturated heterocycles. The van der Waals surface area contributed by atoms with E-state index >= 15 is 0 Å². The number of nitrogens with one attached hydrogen (secondary N) is 2. The van der Waals surface area contributed by atoms with E-state index in [9.17, 15) is 4.79 Å². The molecule has 1 fully saturated rings. The number of aryl methyl sites for hydroxylation is 1. The van der Waals surface area contributed by atoms with Gasteiger partial charge in [0.2, 0.25) is 0 Å². The molecule has 2 N–H and O–H groups in total. The third kappa shape index (κ3) is 5.00. The summed E-state index contributed by atoms with van der Waals surface area (Å²) in [6, 6.07) is 8.41. The molecule has 1 aliphatic rings. The molecule has 1 amide bonds. The number of carbonyl (C=O) groups is 1. The minimum atomic E-state index is 0. The third-order valence-electron chi connectivity index (χ3n) is 4.94. The van der Waals surface area contributed by atoms with Crippen LogP contribution in [-0.4, -0.2) is 34.1 Å². The van der Waals surface area contributed by atoms with Crippen molar-refractivity contribution in [2.75, 3.05) is 6.54 Å². The number of piperidine rings is 1. The average Bonchev–Trinajstić information content (AvgIpc) is 2.86. The van der Waals surface area contributed by atoms with E-state index in [1.165, 1.54) is 0 Å². The zero-order chi connectivity index (χ0) is 17.1. The molecule has 0 radical (unpaired) electrons. The molecule has 2 aromatic heterocycles. The van der Waals surface area contributed by atoms with Gasteiger partial charge in [0.25, 0.3) is 5.91 Å². The summed E-state index contributed by atoms with van der Waals surface area (Å²) in [4.78, 5) is 17.1. The van der Waals surface area contributed by atoms with Crippen molar-refractivity contribution < 1.29 is 4.79 Å². The number of rotatable bonds is 4. The van der Waals surface area contributed by atoms with Crippen molar-refractivity contribution in [1.82, 2.24) is 20.2 Å². The molecule has 2 unspecified atom stereocenters. The molecule has 3 rings (SSSR count). The number of amides is 1. The van der Waals surface area contributed by atoms with Crippen molar-refractivity contribution >= 4 is 30.7 Å². The van der Waals surface area contributed by atoms with E-state index < -0.39 is 0 Å². The van der Waals surface area contributed by atoms with Gasteiger partial charge in [0.05, 0.1) is 17.8 Å². The summed E-state index contributed by atoms with van der Waals surface area (Å²) in [5.74, 6) is 0.0240. The first-order valence-electron chi connectivity index (χ1n) is 8.67. The lowest BCUT2D eigenvalue weighted by molar-refractivity contribution is 0.0919. The van der Waals surface area contributed by atoms with Crippen molar-refractivity contribution in [2.45, 2.75) is 52.2 Å². The Morgan fingerprint density at radius 2 is 2.12 bits per heavy atom. The predicted octanol–water partition coefficient (Wildman–Crippen LogP) is 3.26. The highest BCUT2D eigenvalue weighted by Gasteiger charge is 2.24. The molecule has 7 heteroatoms. The van der Waals surface area contributed by atoms with E-state index in [2.05, 4.69) is 27.1 Å². The third-order valence-corrected chi connectivity index (χ3v) is 4.94. The van der Waals surface area contributed by atoms with Crippen LogP contribution in [0.2, 0.25) is 0 Å².